The molecule has 3 N–H and O–H groups in total. The molecule has 0 spiro atoms. The van der Waals surface area contributed by atoms with Crippen molar-refractivity contribution in [3.8, 4) is 0 Å². The largest absolute Gasteiger partial charge is 0.396 e. The van der Waals surface area contributed by atoms with Crippen LogP contribution in [0.15, 0.2) is 17.3 Å². The average molecular weight is 302 g/mol. The van der Waals surface area contributed by atoms with E-state index < -0.39 is 10.0 Å². The van der Waals surface area contributed by atoms with E-state index >= 15 is 0 Å². The normalized spacial score (nSPS) is 21.1. The highest BCUT2D eigenvalue weighted by molar-refractivity contribution is 7.89. The van der Waals surface area contributed by atoms with Crippen LogP contribution in [0.2, 0.25) is 0 Å². The Morgan fingerprint density at radius 3 is 3.10 bits per heavy atom. The topological polar surface area (TPSA) is 98.3 Å². The molecule has 2 heterocycles. The van der Waals surface area contributed by atoms with Crippen LogP contribution in [-0.4, -0.2) is 61.4 Å². The molecule has 1 aromatic heterocycles. The number of nitrogens with zero attached hydrogens (tertiary/aromatic N) is 2. The van der Waals surface area contributed by atoms with E-state index in [1.54, 1.807) is 0 Å². The van der Waals surface area contributed by atoms with E-state index in [4.69, 9.17) is 5.11 Å². The predicted octanol–water partition coefficient (Wildman–Crippen LogP) is -0.218. The van der Waals surface area contributed by atoms with Gasteiger partial charge in [-0.2, -0.15) is 5.10 Å². The van der Waals surface area contributed by atoms with E-state index in [-0.39, 0.29) is 11.5 Å². The highest BCUT2D eigenvalue weighted by Gasteiger charge is 2.19. The third-order valence-corrected chi connectivity index (χ3v) is 5.02. The molecule has 20 heavy (non-hydrogen) atoms. The quantitative estimate of drug-likeness (QED) is 0.605. The molecule has 0 aliphatic carbocycles. The molecule has 0 saturated carbocycles. The van der Waals surface area contributed by atoms with Gasteiger partial charge in [0.1, 0.15) is 4.90 Å². The number of sulfonamides is 1. The number of H-pyrrole nitrogens is 1. The van der Waals surface area contributed by atoms with Gasteiger partial charge in [-0.05, 0) is 38.3 Å². The third kappa shape index (κ3) is 4.27. The number of piperidine rings is 1. The first-order chi connectivity index (χ1) is 9.62. The molecule has 1 unspecified atom stereocenters. The molecule has 8 heteroatoms. The standard InChI is InChI=1S/C12H22N4O3S/c17-10-11-3-1-5-16(9-11)6-2-4-15-20(18,19)12-7-13-14-8-12/h7-8,11,15,17H,1-6,9-10H2,(H,13,14). The van der Waals surface area contributed by atoms with Crippen molar-refractivity contribution < 1.29 is 13.5 Å². The summed E-state index contributed by atoms with van der Waals surface area (Å²) in [6, 6.07) is 0. The molecular formula is C12H22N4O3S. The zero-order chi connectivity index (χ0) is 14.4. The Balaban J connectivity index is 1.69. The van der Waals surface area contributed by atoms with Crippen molar-refractivity contribution in [1.29, 1.82) is 0 Å². The zero-order valence-electron chi connectivity index (χ0n) is 11.5. The molecule has 1 aliphatic rings. The number of hydrogen-bond donors (Lipinski definition) is 3. The lowest BCUT2D eigenvalue weighted by Gasteiger charge is -2.31. The first-order valence-corrected chi connectivity index (χ1v) is 8.42. The molecule has 1 saturated heterocycles. The minimum atomic E-state index is -3.44. The number of hydrogen-bond acceptors (Lipinski definition) is 5. The minimum absolute atomic E-state index is 0.163. The van der Waals surface area contributed by atoms with Gasteiger partial charge in [0, 0.05) is 25.9 Å². The van der Waals surface area contributed by atoms with Crippen molar-refractivity contribution in [3.05, 3.63) is 12.4 Å². The molecule has 1 atom stereocenters. The fourth-order valence-electron chi connectivity index (χ4n) is 2.48. The van der Waals surface area contributed by atoms with Gasteiger partial charge in [0.2, 0.25) is 10.0 Å². The Labute approximate surface area is 119 Å². The summed E-state index contributed by atoms with van der Waals surface area (Å²) < 4.78 is 26.2. The van der Waals surface area contributed by atoms with Gasteiger partial charge in [-0.15, -0.1) is 0 Å². The van der Waals surface area contributed by atoms with Crippen LogP contribution in [0.1, 0.15) is 19.3 Å². The van der Waals surface area contributed by atoms with E-state index in [0.29, 0.717) is 12.5 Å². The van der Waals surface area contributed by atoms with Crippen LogP contribution in [0.3, 0.4) is 0 Å². The molecule has 1 aromatic rings. The molecule has 0 amide bonds. The molecule has 2 rings (SSSR count). The molecule has 0 bridgehead atoms. The molecule has 1 fully saturated rings. The van der Waals surface area contributed by atoms with Crippen molar-refractivity contribution in [2.75, 3.05) is 32.8 Å². The summed E-state index contributed by atoms with van der Waals surface area (Å²) in [6.45, 7) is 3.44. The van der Waals surface area contributed by atoms with Gasteiger partial charge in [-0.25, -0.2) is 13.1 Å². The van der Waals surface area contributed by atoms with Crippen LogP contribution in [0.5, 0.6) is 0 Å². The summed E-state index contributed by atoms with van der Waals surface area (Å²) in [5, 5.41) is 15.3. The van der Waals surface area contributed by atoms with Crippen LogP contribution in [0.4, 0.5) is 0 Å². The SMILES string of the molecule is O=S(=O)(NCCCN1CCCC(CO)C1)c1cn[nH]c1. The molecule has 1 aliphatic heterocycles. The fourth-order valence-corrected chi connectivity index (χ4v) is 3.46. The number of likely N-dealkylation sites (tertiary alicyclic amines) is 1. The van der Waals surface area contributed by atoms with Gasteiger partial charge in [-0.1, -0.05) is 0 Å². The van der Waals surface area contributed by atoms with Gasteiger partial charge in [0.25, 0.3) is 0 Å². The van der Waals surface area contributed by atoms with Gasteiger partial charge >= 0.3 is 0 Å². The summed E-state index contributed by atoms with van der Waals surface area (Å²) in [6.07, 6.45) is 5.60. The molecule has 114 valence electrons. The molecule has 0 radical (unpaired) electrons. The van der Waals surface area contributed by atoms with Crippen LogP contribution in [0, 0.1) is 5.92 Å². The monoisotopic (exact) mass is 302 g/mol. The van der Waals surface area contributed by atoms with Crippen molar-refractivity contribution in [2.45, 2.75) is 24.2 Å². The number of nitrogens with one attached hydrogen (secondary N) is 2. The van der Waals surface area contributed by atoms with E-state index in [2.05, 4.69) is 19.8 Å². The van der Waals surface area contributed by atoms with Crippen molar-refractivity contribution in [2.24, 2.45) is 5.92 Å². The van der Waals surface area contributed by atoms with Crippen molar-refractivity contribution in [3.63, 3.8) is 0 Å². The minimum Gasteiger partial charge on any atom is -0.396 e. The highest BCUT2D eigenvalue weighted by Crippen LogP contribution is 2.15. The second-order valence-electron chi connectivity index (χ2n) is 5.18. The van der Waals surface area contributed by atoms with Gasteiger partial charge in [-0.3, -0.25) is 5.10 Å². The van der Waals surface area contributed by atoms with E-state index in [1.807, 2.05) is 0 Å². The Morgan fingerprint density at radius 1 is 1.55 bits per heavy atom. The number of aliphatic hydroxyl groups excluding tert-OH is 1. The maximum atomic E-state index is 11.8. The second kappa shape index (κ2) is 7.16. The van der Waals surface area contributed by atoms with Crippen molar-refractivity contribution >= 4 is 10.0 Å². The van der Waals surface area contributed by atoms with Crippen LogP contribution < -0.4 is 4.72 Å². The molecular weight excluding hydrogens is 280 g/mol. The fraction of sp³-hybridized carbons (Fsp3) is 0.750. The Bertz CT molecular complexity index is 489. The maximum absolute atomic E-state index is 11.8. The third-order valence-electron chi connectivity index (χ3n) is 3.59. The van der Waals surface area contributed by atoms with Gasteiger partial charge < -0.3 is 10.0 Å². The Hall–Kier alpha value is -0.960. The zero-order valence-corrected chi connectivity index (χ0v) is 12.3. The van der Waals surface area contributed by atoms with E-state index in [9.17, 15) is 8.42 Å². The summed E-state index contributed by atoms with van der Waals surface area (Å²) in [4.78, 5) is 2.45. The van der Waals surface area contributed by atoms with Gasteiger partial charge in [0.15, 0.2) is 0 Å². The van der Waals surface area contributed by atoms with Crippen molar-refractivity contribution in [1.82, 2.24) is 19.8 Å². The first kappa shape index (κ1) is 15.4. The lowest BCUT2D eigenvalue weighted by atomic mass is 9.99. The van der Waals surface area contributed by atoms with Crippen LogP contribution in [0.25, 0.3) is 0 Å². The summed E-state index contributed by atoms with van der Waals surface area (Å²) in [5.41, 5.74) is 0. The summed E-state index contributed by atoms with van der Waals surface area (Å²) in [7, 11) is -3.44. The average Bonchev–Trinajstić information content (AvgIpc) is 2.99. The Kier molecular flexibility index (Phi) is 5.53. The smallest absolute Gasteiger partial charge is 0.243 e. The first-order valence-electron chi connectivity index (χ1n) is 6.93. The summed E-state index contributed by atoms with van der Waals surface area (Å²) >= 11 is 0. The number of aliphatic hydroxyl groups is 1. The number of aromatic amines is 1. The van der Waals surface area contributed by atoms with Gasteiger partial charge in [0.05, 0.1) is 6.20 Å². The molecule has 0 aromatic carbocycles. The van der Waals surface area contributed by atoms with E-state index in [0.717, 1.165) is 38.9 Å². The molecule has 7 nitrogen and oxygen atoms in total. The van der Waals surface area contributed by atoms with Crippen LogP contribution >= 0.6 is 0 Å². The van der Waals surface area contributed by atoms with Crippen LogP contribution in [-0.2, 0) is 10.0 Å². The summed E-state index contributed by atoms with van der Waals surface area (Å²) in [5.74, 6) is 0.367. The number of aromatic nitrogens is 2. The van der Waals surface area contributed by atoms with E-state index in [1.165, 1.54) is 12.4 Å². The highest BCUT2D eigenvalue weighted by atomic mass is 32.2. The Morgan fingerprint density at radius 2 is 2.40 bits per heavy atom. The number of rotatable bonds is 7. The maximum Gasteiger partial charge on any atom is 0.243 e. The second-order valence-corrected chi connectivity index (χ2v) is 6.94. The predicted molar refractivity (Wildman–Crippen MR) is 74.6 cm³/mol. The lowest BCUT2D eigenvalue weighted by molar-refractivity contribution is 0.120. The lowest BCUT2D eigenvalue weighted by Crippen LogP contribution is -2.38.